The van der Waals surface area contributed by atoms with Crippen molar-refractivity contribution in [3.8, 4) is 0 Å². The molecule has 0 aliphatic heterocycles. The van der Waals surface area contributed by atoms with Crippen LogP contribution in [-0.4, -0.2) is 22.0 Å². The van der Waals surface area contributed by atoms with Gasteiger partial charge in [-0.15, -0.1) is 0 Å². The highest BCUT2D eigenvalue weighted by Gasteiger charge is 2.12. The van der Waals surface area contributed by atoms with Gasteiger partial charge in [-0.25, -0.2) is 9.78 Å². The van der Waals surface area contributed by atoms with Crippen LogP contribution >= 0.6 is 11.6 Å². The van der Waals surface area contributed by atoms with Crippen molar-refractivity contribution in [1.29, 1.82) is 0 Å². The number of rotatable bonds is 2. The average molecular weight is 239 g/mol. The van der Waals surface area contributed by atoms with E-state index >= 15 is 0 Å². The van der Waals surface area contributed by atoms with Crippen molar-refractivity contribution in [3.05, 3.63) is 34.7 Å². The Labute approximate surface area is 97.8 Å². The van der Waals surface area contributed by atoms with Gasteiger partial charge in [-0.1, -0.05) is 11.6 Å². The Hall–Kier alpha value is -1.55. The molecule has 0 fully saturated rings. The Bertz CT molecular complexity index is 509. The van der Waals surface area contributed by atoms with E-state index in [-0.39, 0.29) is 0 Å². The number of fused-ring (bicyclic) bond motifs is 1. The molecule has 2 aromatic heterocycles. The number of pyridine rings is 1. The van der Waals surface area contributed by atoms with Crippen LogP contribution in [0, 0.1) is 6.92 Å². The molecule has 4 nitrogen and oxygen atoms in total. The molecule has 84 valence electrons. The molecule has 0 aliphatic carbocycles. The summed E-state index contributed by atoms with van der Waals surface area (Å²) in [6.07, 6.45) is 3.33. The highest BCUT2D eigenvalue weighted by Crippen LogP contribution is 2.17. The zero-order valence-electron chi connectivity index (χ0n) is 9.03. The molecule has 0 radical (unpaired) electrons. The number of hydrogen-bond acceptors (Lipinski definition) is 3. The van der Waals surface area contributed by atoms with E-state index in [0.717, 1.165) is 5.56 Å². The molecule has 0 spiro atoms. The summed E-state index contributed by atoms with van der Waals surface area (Å²) in [6.45, 7) is 3.99. The monoisotopic (exact) mass is 238 g/mol. The van der Waals surface area contributed by atoms with Crippen LogP contribution in [-0.2, 0) is 4.74 Å². The Morgan fingerprint density at radius 3 is 3.00 bits per heavy atom. The molecule has 0 saturated heterocycles. The lowest BCUT2D eigenvalue weighted by molar-refractivity contribution is 0.0520. The molecule has 2 aromatic rings. The highest BCUT2D eigenvalue weighted by molar-refractivity contribution is 6.31. The molecule has 0 unspecified atom stereocenters. The van der Waals surface area contributed by atoms with Crippen molar-refractivity contribution in [2.45, 2.75) is 13.8 Å². The number of imidazole rings is 1. The van der Waals surface area contributed by atoms with E-state index in [4.69, 9.17) is 16.3 Å². The Morgan fingerprint density at radius 1 is 1.56 bits per heavy atom. The molecular weight excluding hydrogens is 228 g/mol. The fourth-order valence-electron chi connectivity index (χ4n) is 1.41. The summed E-state index contributed by atoms with van der Waals surface area (Å²) in [5, 5.41) is 0.639. The van der Waals surface area contributed by atoms with Crippen molar-refractivity contribution in [3.63, 3.8) is 0 Å². The van der Waals surface area contributed by atoms with Gasteiger partial charge in [-0.2, -0.15) is 0 Å². The first-order chi connectivity index (χ1) is 7.61. The summed E-state index contributed by atoms with van der Waals surface area (Å²) in [4.78, 5) is 15.6. The van der Waals surface area contributed by atoms with Crippen LogP contribution in [0.25, 0.3) is 5.65 Å². The molecule has 2 rings (SSSR count). The quantitative estimate of drug-likeness (QED) is 0.755. The second kappa shape index (κ2) is 4.14. The summed E-state index contributed by atoms with van der Waals surface area (Å²) in [5.41, 5.74) is 1.91. The smallest absolute Gasteiger partial charge is 0.358 e. The van der Waals surface area contributed by atoms with Gasteiger partial charge in [0.2, 0.25) is 0 Å². The summed E-state index contributed by atoms with van der Waals surface area (Å²) < 4.78 is 6.58. The number of carbonyl (C=O) groups is 1. The van der Waals surface area contributed by atoms with Crippen molar-refractivity contribution in [2.24, 2.45) is 0 Å². The van der Waals surface area contributed by atoms with Crippen LogP contribution in [0.1, 0.15) is 23.0 Å². The topological polar surface area (TPSA) is 43.6 Å². The van der Waals surface area contributed by atoms with Gasteiger partial charge in [0.15, 0.2) is 5.69 Å². The Morgan fingerprint density at radius 2 is 2.31 bits per heavy atom. The minimum atomic E-state index is -0.417. The van der Waals surface area contributed by atoms with Gasteiger partial charge < -0.3 is 9.14 Å². The van der Waals surface area contributed by atoms with Gasteiger partial charge in [-0.3, -0.25) is 0 Å². The summed E-state index contributed by atoms with van der Waals surface area (Å²) in [5.74, 6) is -0.417. The normalized spacial score (nSPS) is 10.7. The number of ether oxygens (including phenoxy) is 1. The Kier molecular flexibility index (Phi) is 2.83. The maximum absolute atomic E-state index is 11.5. The largest absolute Gasteiger partial charge is 0.461 e. The molecule has 0 N–H and O–H groups in total. The first kappa shape index (κ1) is 11.0. The number of esters is 1. The standard InChI is InChI=1S/C11H11ClN2O2/c1-3-16-11(15)9-6-14-5-8(12)7(2)4-10(14)13-9/h4-6H,3H2,1-2H3. The van der Waals surface area contributed by atoms with Gasteiger partial charge in [0, 0.05) is 12.4 Å². The molecule has 16 heavy (non-hydrogen) atoms. The summed E-state index contributed by atoms with van der Waals surface area (Å²) >= 11 is 5.97. The zero-order valence-corrected chi connectivity index (χ0v) is 9.78. The Balaban J connectivity index is 2.48. The number of hydrogen-bond donors (Lipinski definition) is 0. The van der Waals surface area contributed by atoms with E-state index in [1.807, 2.05) is 13.0 Å². The van der Waals surface area contributed by atoms with Crippen LogP contribution in [0.4, 0.5) is 0 Å². The maximum Gasteiger partial charge on any atom is 0.358 e. The van der Waals surface area contributed by atoms with Gasteiger partial charge >= 0.3 is 5.97 Å². The molecule has 0 saturated carbocycles. The van der Waals surface area contributed by atoms with Crippen molar-refractivity contribution in [2.75, 3.05) is 6.61 Å². The lowest BCUT2D eigenvalue weighted by Crippen LogP contribution is -2.04. The maximum atomic E-state index is 11.5. The molecular formula is C11H11ClN2O2. The van der Waals surface area contributed by atoms with Gasteiger partial charge in [0.05, 0.1) is 11.6 Å². The van der Waals surface area contributed by atoms with Crippen LogP contribution in [0.5, 0.6) is 0 Å². The third-order valence-corrected chi connectivity index (χ3v) is 2.62. The number of aromatic nitrogens is 2. The fraction of sp³-hybridized carbons (Fsp3) is 0.273. The molecule has 0 atom stereocenters. The molecule has 0 aromatic carbocycles. The second-order valence-corrected chi connectivity index (χ2v) is 3.82. The van der Waals surface area contributed by atoms with Gasteiger partial charge in [0.25, 0.3) is 0 Å². The minimum Gasteiger partial charge on any atom is -0.461 e. The van der Waals surface area contributed by atoms with Crippen molar-refractivity contribution >= 4 is 23.2 Å². The second-order valence-electron chi connectivity index (χ2n) is 3.42. The average Bonchev–Trinajstić information content (AvgIpc) is 2.62. The summed E-state index contributed by atoms with van der Waals surface area (Å²) in [6, 6.07) is 1.82. The molecule has 2 heterocycles. The van der Waals surface area contributed by atoms with Gasteiger partial charge in [-0.05, 0) is 25.5 Å². The van der Waals surface area contributed by atoms with E-state index in [0.29, 0.717) is 23.0 Å². The number of aryl methyl sites for hydroxylation is 1. The minimum absolute atomic E-state index is 0.295. The number of carbonyl (C=O) groups excluding carboxylic acids is 1. The van der Waals surface area contributed by atoms with Crippen molar-refractivity contribution in [1.82, 2.24) is 9.38 Å². The number of nitrogens with zero attached hydrogens (tertiary/aromatic N) is 2. The first-order valence-corrected chi connectivity index (χ1v) is 5.31. The first-order valence-electron chi connectivity index (χ1n) is 4.93. The zero-order chi connectivity index (χ0) is 11.7. The van der Waals surface area contributed by atoms with Crippen LogP contribution in [0.3, 0.4) is 0 Å². The number of halogens is 1. The fourth-order valence-corrected chi connectivity index (χ4v) is 1.57. The summed E-state index contributed by atoms with van der Waals surface area (Å²) in [7, 11) is 0. The van der Waals surface area contributed by atoms with Gasteiger partial charge in [0.1, 0.15) is 5.65 Å². The lowest BCUT2D eigenvalue weighted by Gasteiger charge is -1.97. The third kappa shape index (κ3) is 1.88. The molecule has 5 heteroatoms. The van der Waals surface area contributed by atoms with E-state index in [1.54, 1.807) is 23.7 Å². The SMILES string of the molecule is CCOC(=O)c1cn2cc(Cl)c(C)cc2n1. The molecule has 0 amide bonds. The predicted octanol–water partition coefficient (Wildman–Crippen LogP) is 2.47. The molecule has 0 bridgehead atoms. The van der Waals surface area contributed by atoms with E-state index < -0.39 is 5.97 Å². The van der Waals surface area contributed by atoms with Crippen LogP contribution in [0.15, 0.2) is 18.5 Å². The van der Waals surface area contributed by atoms with Crippen LogP contribution in [0.2, 0.25) is 5.02 Å². The molecule has 0 aliphatic rings. The van der Waals surface area contributed by atoms with E-state index in [1.165, 1.54) is 0 Å². The van der Waals surface area contributed by atoms with Crippen LogP contribution < -0.4 is 0 Å². The predicted molar refractivity (Wildman–Crippen MR) is 60.9 cm³/mol. The van der Waals surface area contributed by atoms with E-state index in [2.05, 4.69) is 4.98 Å². The highest BCUT2D eigenvalue weighted by atomic mass is 35.5. The third-order valence-electron chi connectivity index (χ3n) is 2.22. The lowest BCUT2D eigenvalue weighted by atomic mass is 10.3. The van der Waals surface area contributed by atoms with E-state index in [9.17, 15) is 4.79 Å². The van der Waals surface area contributed by atoms with Crippen molar-refractivity contribution < 1.29 is 9.53 Å².